The molecular formula is C12H15ClO2. The molecule has 0 aromatic heterocycles. The molecule has 0 aliphatic carbocycles. The minimum absolute atomic E-state index is 0.112. The van der Waals surface area contributed by atoms with Crippen molar-refractivity contribution in [3.8, 4) is 0 Å². The standard InChI is InChI=1S/C12H15ClO2/c1-3-8(2)11(12(14)15)9-5-4-6-10(13)7-9/h4-8,11H,3H2,1-2H3,(H,14,15). The average molecular weight is 227 g/mol. The van der Waals surface area contributed by atoms with Gasteiger partial charge in [-0.1, -0.05) is 44.0 Å². The molecule has 2 atom stereocenters. The summed E-state index contributed by atoms with van der Waals surface area (Å²) in [5, 5.41) is 9.76. The monoisotopic (exact) mass is 226 g/mol. The van der Waals surface area contributed by atoms with Gasteiger partial charge in [0, 0.05) is 5.02 Å². The fourth-order valence-corrected chi connectivity index (χ4v) is 1.85. The number of hydrogen-bond donors (Lipinski definition) is 1. The van der Waals surface area contributed by atoms with Crippen LogP contribution < -0.4 is 0 Å². The highest BCUT2D eigenvalue weighted by Gasteiger charge is 2.25. The SMILES string of the molecule is CCC(C)C(C(=O)O)c1cccc(Cl)c1. The predicted octanol–water partition coefficient (Wildman–Crippen LogP) is 3.55. The maximum atomic E-state index is 11.2. The number of carboxylic acid groups (broad SMARTS) is 1. The lowest BCUT2D eigenvalue weighted by Crippen LogP contribution is -2.18. The third-order valence-electron chi connectivity index (χ3n) is 2.69. The second-order valence-electron chi connectivity index (χ2n) is 3.76. The van der Waals surface area contributed by atoms with Gasteiger partial charge in [-0.2, -0.15) is 0 Å². The Morgan fingerprint density at radius 1 is 1.53 bits per heavy atom. The summed E-state index contributed by atoms with van der Waals surface area (Å²) < 4.78 is 0. The molecule has 82 valence electrons. The normalized spacial score (nSPS) is 14.6. The van der Waals surface area contributed by atoms with Crippen molar-refractivity contribution in [1.82, 2.24) is 0 Å². The molecule has 0 saturated carbocycles. The molecule has 0 aliphatic heterocycles. The molecule has 0 radical (unpaired) electrons. The van der Waals surface area contributed by atoms with Gasteiger partial charge in [0.2, 0.25) is 0 Å². The summed E-state index contributed by atoms with van der Waals surface area (Å²) >= 11 is 5.85. The van der Waals surface area contributed by atoms with E-state index in [4.69, 9.17) is 11.6 Å². The van der Waals surface area contributed by atoms with Crippen molar-refractivity contribution in [3.63, 3.8) is 0 Å². The predicted molar refractivity (Wildman–Crippen MR) is 61.3 cm³/mol. The van der Waals surface area contributed by atoms with Crippen LogP contribution in [0.15, 0.2) is 24.3 Å². The van der Waals surface area contributed by atoms with Crippen LogP contribution in [-0.4, -0.2) is 11.1 Å². The molecule has 2 nitrogen and oxygen atoms in total. The van der Waals surface area contributed by atoms with E-state index >= 15 is 0 Å². The van der Waals surface area contributed by atoms with Crippen molar-refractivity contribution in [2.24, 2.45) is 5.92 Å². The first-order valence-corrected chi connectivity index (χ1v) is 5.42. The van der Waals surface area contributed by atoms with Gasteiger partial charge in [-0.25, -0.2) is 0 Å². The van der Waals surface area contributed by atoms with Crippen LogP contribution in [0.4, 0.5) is 0 Å². The Kier molecular flexibility index (Phi) is 4.15. The van der Waals surface area contributed by atoms with Gasteiger partial charge in [-0.05, 0) is 23.6 Å². The summed E-state index contributed by atoms with van der Waals surface area (Å²) in [6, 6.07) is 7.08. The lowest BCUT2D eigenvalue weighted by molar-refractivity contribution is -0.140. The largest absolute Gasteiger partial charge is 0.481 e. The first-order valence-electron chi connectivity index (χ1n) is 5.04. The molecule has 3 heteroatoms. The van der Waals surface area contributed by atoms with E-state index in [1.54, 1.807) is 18.2 Å². The summed E-state index contributed by atoms with van der Waals surface area (Å²) in [5.74, 6) is -1.14. The summed E-state index contributed by atoms with van der Waals surface area (Å²) in [4.78, 5) is 11.2. The number of benzene rings is 1. The third kappa shape index (κ3) is 2.96. The molecule has 0 saturated heterocycles. The van der Waals surface area contributed by atoms with Crippen molar-refractivity contribution in [3.05, 3.63) is 34.9 Å². The van der Waals surface area contributed by atoms with Crippen molar-refractivity contribution >= 4 is 17.6 Å². The van der Waals surface area contributed by atoms with Crippen molar-refractivity contribution in [2.45, 2.75) is 26.2 Å². The van der Waals surface area contributed by atoms with Crippen LogP contribution in [0.2, 0.25) is 5.02 Å². The van der Waals surface area contributed by atoms with Gasteiger partial charge in [0.1, 0.15) is 0 Å². The highest BCUT2D eigenvalue weighted by atomic mass is 35.5. The quantitative estimate of drug-likeness (QED) is 0.853. The minimum Gasteiger partial charge on any atom is -0.481 e. The zero-order valence-corrected chi connectivity index (χ0v) is 9.66. The fraction of sp³-hybridized carbons (Fsp3) is 0.417. The molecule has 1 aromatic rings. The maximum absolute atomic E-state index is 11.2. The molecule has 15 heavy (non-hydrogen) atoms. The zero-order valence-electron chi connectivity index (χ0n) is 8.90. The van der Waals surface area contributed by atoms with Crippen molar-refractivity contribution in [2.75, 3.05) is 0 Å². The molecule has 2 unspecified atom stereocenters. The van der Waals surface area contributed by atoms with Crippen molar-refractivity contribution in [1.29, 1.82) is 0 Å². The Balaban J connectivity index is 3.04. The van der Waals surface area contributed by atoms with Gasteiger partial charge >= 0.3 is 5.97 Å². The van der Waals surface area contributed by atoms with Gasteiger partial charge in [-0.15, -0.1) is 0 Å². The molecule has 0 heterocycles. The van der Waals surface area contributed by atoms with E-state index < -0.39 is 11.9 Å². The van der Waals surface area contributed by atoms with E-state index in [9.17, 15) is 9.90 Å². The molecular weight excluding hydrogens is 212 g/mol. The summed E-state index contributed by atoms with van der Waals surface area (Å²) in [6.45, 7) is 3.94. The van der Waals surface area contributed by atoms with Gasteiger partial charge in [0.15, 0.2) is 0 Å². The lowest BCUT2D eigenvalue weighted by atomic mass is 9.86. The highest BCUT2D eigenvalue weighted by molar-refractivity contribution is 6.30. The number of rotatable bonds is 4. The minimum atomic E-state index is -0.786. The zero-order chi connectivity index (χ0) is 11.4. The molecule has 0 amide bonds. The van der Waals surface area contributed by atoms with Gasteiger partial charge in [-0.3, -0.25) is 4.79 Å². The molecule has 0 spiro atoms. The Morgan fingerprint density at radius 3 is 2.67 bits per heavy atom. The molecule has 1 N–H and O–H groups in total. The molecule has 0 bridgehead atoms. The summed E-state index contributed by atoms with van der Waals surface area (Å²) in [6.07, 6.45) is 0.837. The summed E-state index contributed by atoms with van der Waals surface area (Å²) in [7, 11) is 0. The van der Waals surface area contributed by atoms with E-state index in [1.807, 2.05) is 19.9 Å². The summed E-state index contributed by atoms with van der Waals surface area (Å²) in [5.41, 5.74) is 0.782. The first kappa shape index (κ1) is 12.1. The Bertz CT molecular complexity index is 349. The Labute approximate surface area is 94.9 Å². The molecule has 1 rings (SSSR count). The first-order chi connectivity index (χ1) is 7.06. The topological polar surface area (TPSA) is 37.3 Å². The van der Waals surface area contributed by atoms with Crippen LogP contribution >= 0.6 is 11.6 Å². The number of halogens is 1. The van der Waals surface area contributed by atoms with Gasteiger partial charge < -0.3 is 5.11 Å². The number of aliphatic carboxylic acids is 1. The third-order valence-corrected chi connectivity index (χ3v) is 2.92. The number of carbonyl (C=O) groups is 1. The molecule has 0 fully saturated rings. The van der Waals surface area contributed by atoms with E-state index in [2.05, 4.69) is 0 Å². The van der Waals surface area contributed by atoms with Crippen LogP contribution in [0.3, 0.4) is 0 Å². The average Bonchev–Trinajstić information content (AvgIpc) is 2.17. The Hall–Kier alpha value is -1.02. The maximum Gasteiger partial charge on any atom is 0.311 e. The van der Waals surface area contributed by atoms with Gasteiger partial charge in [0.25, 0.3) is 0 Å². The number of hydrogen-bond acceptors (Lipinski definition) is 1. The van der Waals surface area contributed by atoms with Crippen molar-refractivity contribution < 1.29 is 9.90 Å². The molecule has 0 aliphatic rings. The van der Waals surface area contributed by atoms with E-state index in [0.29, 0.717) is 5.02 Å². The van der Waals surface area contributed by atoms with E-state index in [1.165, 1.54) is 0 Å². The van der Waals surface area contributed by atoms with Crippen LogP contribution in [0, 0.1) is 5.92 Å². The second-order valence-corrected chi connectivity index (χ2v) is 4.19. The van der Waals surface area contributed by atoms with Crippen LogP contribution in [-0.2, 0) is 4.79 Å². The second kappa shape index (κ2) is 5.17. The molecule has 1 aromatic carbocycles. The fourth-order valence-electron chi connectivity index (χ4n) is 1.65. The number of carboxylic acids is 1. The van der Waals surface area contributed by atoms with E-state index in [-0.39, 0.29) is 5.92 Å². The van der Waals surface area contributed by atoms with E-state index in [0.717, 1.165) is 12.0 Å². The van der Waals surface area contributed by atoms with Crippen LogP contribution in [0.1, 0.15) is 31.7 Å². The lowest BCUT2D eigenvalue weighted by Gasteiger charge is -2.19. The smallest absolute Gasteiger partial charge is 0.311 e. The highest BCUT2D eigenvalue weighted by Crippen LogP contribution is 2.28. The Morgan fingerprint density at radius 2 is 2.20 bits per heavy atom. The van der Waals surface area contributed by atoms with Crippen LogP contribution in [0.5, 0.6) is 0 Å². The van der Waals surface area contributed by atoms with Crippen LogP contribution in [0.25, 0.3) is 0 Å². The van der Waals surface area contributed by atoms with Gasteiger partial charge in [0.05, 0.1) is 5.92 Å².